The summed E-state index contributed by atoms with van der Waals surface area (Å²) in [4.78, 5) is 2.70. The van der Waals surface area contributed by atoms with Crippen LogP contribution >= 0.6 is 0 Å². The van der Waals surface area contributed by atoms with Crippen molar-refractivity contribution in [1.29, 1.82) is 5.41 Å². The van der Waals surface area contributed by atoms with Crippen molar-refractivity contribution in [2.45, 2.75) is 200 Å². The number of hydrogen-bond acceptors (Lipinski definition) is 3. The molecule has 0 radical (unpaired) electrons. The molecule has 0 saturated carbocycles. The highest BCUT2D eigenvalue weighted by atomic mass is 16.5. The summed E-state index contributed by atoms with van der Waals surface area (Å²) < 4.78 is 5.29. The molecule has 0 unspecified atom stereocenters. The van der Waals surface area contributed by atoms with Crippen molar-refractivity contribution in [3.8, 4) is 5.75 Å². The van der Waals surface area contributed by atoms with Crippen LogP contribution in [0.25, 0.3) is 0 Å². The summed E-state index contributed by atoms with van der Waals surface area (Å²) in [5.41, 5.74) is 3.16. The van der Waals surface area contributed by atoms with E-state index in [-0.39, 0.29) is 0 Å². The fourth-order valence-electron chi connectivity index (χ4n) is 7.30. The molecule has 0 saturated heterocycles. The van der Waals surface area contributed by atoms with Gasteiger partial charge in [0.15, 0.2) is 0 Å². The molecule has 0 amide bonds. The average molecular weight is 704 g/mol. The molecule has 2 aromatic rings. The Balaban J connectivity index is 1.71. The SMILES string of the molecule is CCCCCCCCCCCCCCCCN(CCCCCCCCCCCCCCCC)Cc1cccc(C(=N)Nc2ccc(OC)cc2)c1. The molecule has 0 aliphatic carbocycles. The molecule has 290 valence electrons. The molecule has 0 aliphatic rings. The van der Waals surface area contributed by atoms with Crippen LogP contribution in [0.15, 0.2) is 48.5 Å². The molecule has 0 aromatic heterocycles. The Morgan fingerprint density at radius 2 is 0.922 bits per heavy atom. The van der Waals surface area contributed by atoms with Gasteiger partial charge in [-0.3, -0.25) is 10.3 Å². The van der Waals surface area contributed by atoms with Gasteiger partial charge in [-0.15, -0.1) is 0 Å². The van der Waals surface area contributed by atoms with Crippen molar-refractivity contribution in [2.75, 3.05) is 25.5 Å². The van der Waals surface area contributed by atoms with Gasteiger partial charge in [-0.05, 0) is 61.8 Å². The summed E-state index contributed by atoms with van der Waals surface area (Å²) in [5.74, 6) is 1.26. The third kappa shape index (κ3) is 24.5. The van der Waals surface area contributed by atoms with Crippen molar-refractivity contribution in [2.24, 2.45) is 0 Å². The van der Waals surface area contributed by atoms with Gasteiger partial charge in [-0.2, -0.15) is 0 Å². The van der Waals surface area contributed by atoms with E-state index >= 15 is 0 Å². The molecule has 0 atom stereocenters. The van der Waals surface area contributed by atoms with Gasteiger partial charge in [0.2, 0.25) is 0 Å². The van der Waals surface area contributed by atoms with Gasteiger partial charge in [-0.25, -0.2) is 0 Å². The van der Waals surface area contributed by atoms with E-state index in [9.17, 15) is 0 Å². The van der Waals surface area contributed by atoms with E-state index in [0.717, 1.165) is 23.5 Å². The zero-order valence-electron chi connectivity index (χ0n) is 33.9. The first-order chi connectivity index (χ1) is 25.2. The van der Waals surface area contributed by atoms with Crippen LogP contribution in [-0.2, 0) is 6.54 Å². The zero-order chi connectivity index (χ0) is 36.5. The lowest BCUT2D eigenvalue weighted by molar-refractivity contribution is 0.252. The molecular formula is C47H81N3O. The van der Waals surface area contributed by atoms with E-state index in [1.165, 1.54) is 198 Å². The Kier molecular flexibility index (Phi) is 28.4. The Labute approximate surface area is 316 Å². The summed E-state index contributed by atoms with van der Waals surface area (Å²) >= 11 is 0. The minimum absolute atomic E-state index is 0.438. The van der Waals surface area contributed by atoms with E-state index in [2.05, 4.69) is 42.3 Å². The standard InChI is InChI=1S/C47H81N3O/c1-4-6-8-10-12-14-16-18-20-22-24-26-28-30-39-50(40-31-29-27-25-23-21-19-17-15-13-11-9-7-5-2)42-43-33-32-34-44(41-43)47(48)49-45-35-37-46(51-3)38-36-45/h32-38,41H,4-31,39-40,42H2,1-3H3,(H2,48,49). The number of nitrogens with zero attached hydrogens (tertiary/aromatic N) is 1. The monoisotopic (exact) mass is 704 g/mol. The van der Waals surface area contributed by atoms with Crippen LogP contribution in [0.5, 0.6) is 5.75 Å². The Hall–Kier alpha value is -2.33. The number of methoxy groups -OCH3 is 1. The van der Waals surface area contributed by atoms with Gasteiger partial charge in [-0.1, -0.05) is 199 Å². The van der Waals surface area contributed by atoms with Crippen LogP contribution in [0, 0.1) is 5.41 Å². The molecule has 0 spiro atoms. The highest BCUT2D eigenvalue weighted by Crippen LogP contribution is 2.19. The molecule has 2 rings (SSSR count). The minimum Gasteiger partial charge on any atom is -0.497 e. The minimum atomic E-state index is 0.438. The quantitative estimate of drug-likeness (QED) is 0.0427. The van der Waals surface area contributed by atoms with Crippen LogP contribution in [0.4, 0.5) is 5.69 Å². The van der Waals surface area contributed by atoms with Crippen LogP contribution in [0.3, 0.4) is 0 Å². The summed E-state index contributed by atoms with van der Waals surface area (Å²) in [5, 5.41) is 12.0. The number of unbranched alkanes of at least 4 members (excludes halogenated alkanes) is 26. The second kappa shape index (κ2) is 32.3. The van der Waals surface area contributed by atoms with Gasteiger partial charge in [0, 0.05) is 17.8 Å². The van der Waals surface area contributed by atoms with Crippen molar-refractivity contribution in [3.05, 3.63) is 59.7 Å². The molecule has 4 nitrogen and oxygen atoms in total. The number of nitrogens with one attached hydrogen (secondary N) is 2. The Morgan fingerprint density at radius 3 is 1.31 bits per heavy atom. The normalized spacial score (nSPS) is 11.4. The van der Waals surface area contributed by atoms with Crippen molar-refractivity contribution in [3.63, 3.8) is 0 Å². The number of benzene rings is 2. The molecule has 0 fully saturated rings. The van der Waals surface area contributed by atoms with Gasteiger partial charge in [0.25, 0.3) is 0 Å². The maximum atomic E-state index is 8.73. The van der Waals surface area contributed by atoms with E-state index in [0.29, 0.717) is 5.84 Å². The second-order valence-electron chi connectivity index (χ2n) is 15.4. The highest BCUT2D eigenvalue weighted by molar-refractivity contribution is 6.06. The Morgan fingerprint density at radius 1 is 0.529 bits per heavy atom. The molecule has 2 aromatic carbocycles. The van der Waals surface area contributed by atoms with Gasteiger partial charge >= 0.3 is 0 Å². The molecule has 0 heterocycles. The van der Waals surface area contributed by atoms with Crippen molar-refractivity contribution in [1.82, 2.24) is 4.90 Å². The third-order valence-corrected chi connectivity index (χ3v) is 10.6. The number of ether oxygens (including phenoxy) is 1. The molecule has 0 bridgehead atoms. The fraction of sp³-hybridized carbons (Fsp3) is 0.723. The molecular weight excluding hydrogens is 623 g/mol. The summed E-state index contributed by atoms with van der Waals surface area (Å²) in [7, 11) is 1.68. The van der Waals surface area contributed by atoms with Gasteiger partial charge < -0.3 is 10.1 Å². The number of amidine groups is 1. The average Bonchev–Trinajstić information content (AvgIpc) is 3.15. The predicted molar refractivity (Wildman–Crippen MR) is 226 cm³/mol. The van der Waals surface area contributed by atoms with E-state index < -0.39 is 0 Å². The second-order valence-corrected chi connectivity index (χ2v) is 15.4. The van der Waals surface area contributed by atoms with Crippen LogP contribution in [-0.4, -0.2) is 30.9 Å². The van der Waals surface area contributed by atoms with E-state index in [4.69, 9.17) is 10.1 Å². The lowest BCUT2D eigenvalue weighted by Crippen LogP contribution is -2.26. The molecule has 51 heavy (non-hydrogen) atoms. The lowest BCUT2D eigenvalue weighted by Gasteiger charge is -2.23. The van der Waals surface area contributed by atoms with Crippen LogP contribution in [0.1, 0.15) is 205 Å². The summed E-state index contributed by atoms with van der Waals surface area (Å²) in [6.45, 7) is 7.94. The first kappa shape index (κ1) is 44.8. The first-order valence-corrected chi connectivity index (χ1v) is 22.0. The molecule has 4 heteroatoms. The van der Waals surface area contributed by atoms with Crippen molar-refractivity contribution >= 4 is 11.5 Å². The highest BCUT2D eigenvalue weighted by Gasteiger charge is 2.09. The largest absolute Gasteiger partial charge is 0.497 e. The van der Waals surface area contributed by atoms with E-state index in [1.807, 2.05) is 30.3 Å². The zero-order valence-corrected chi connectivity index (χ0v) is 33.9. The third-order valence-electron chi connectivity index (χ3n) is 10.6. The molecule has 0 aliphatic heterocycles. The number of anilines is 1. The van der Waals surface area contributed by atoms with Gasteiger partial charge in [0.1, 0.15) is 11.6 Å². The lowest BCUT2D eigenvalue weighted by atomic mass is 10.0. The van der Waals surface area contributed by atoms with Crippen molar-refractivity contribution < 1.29 is 4.74 Å². The topological polar surface area (TPSA) is 48.4 Å². The number of hydrogen-bond donors (Lipinski definition) is 2. The number of rotatable bonds is 35. The molecule has 2 N–H and O–H groups in total. The van der Waals surface area contributed by atoms with Gasteiger partial charge in [0.05, 0.1) is 7.11 Å². The van der Waals surface area contributed by atoms with E-state index in [1.54, 1.807) is 7.11 Å². The summed E-state index contributed by atoms with van der Waals surface area (Å²) in [6, 6.07) is 16.4. The van der Waals surface area contributed by atoms with Crippen LogP contribution < -0.4 is 10.1 Å². The first-order valence-electron chi connectivity index (χ1n) is 22.0. The maximum Gasteiger partial charge on any atom is 0.129 e. The predicted octanol–water partition coefficient (Wildman–Crippen LogP) is 14.9. The fourth-order valence-corrected chi connectivity index (χ4v) is 7.30. The Bertz CT molecular complexity index is 1040. The van der Waals surface area contributed by atoms with Crippen LogP contribution in [0.2, 0.25) is 0 Å². The smallest absolute Gasteiger partial charge is 0.129 e. The summed E-state index contributed by atoms with van der Waals surface area (Å²) in [6.07, 6.45) is 39.4. The maximum absolute atomic E-state index is 8.73.